The quantitative estimate of drug-likeness (QED) is 0.849. The molecule has 1 aromatic carbocycles. The highest BCUT2D eigenvalue weighted by Gasteiger charge is 2.98. The summed E-state index contributed by atoms with van der Waals surface area (Å²) in [6.07, 6.45) is 0. The number of aliphatic hydroxyl groups is 1. The maximum atomic E-state index is 13.3. The van der Waals surface area contributed by atoms with Gasteiger partial charge in [-0.2, -0.15) is 26.3 Å². The van der Waals surface area contributed by atoms with Gasteiger partial charge in [-0.25, -0.2) is 0 Å². The summed E-state index contributed by atoms with van der Waals surface area (Å²) >= 11 is 0. The third-order valence-electron chi connectivity index (χ3n) is 3.50. The molecule has 1 aromatic rings. The molecule has 0 saturated heterocycles. The van der Waals surface area contributed by atoms with Crippen molar-refractivity contribution in [1.29, 1.82) is 0 Å². The Morgan fingerprint density at radius 1 is 0.800 bits per heavy atom. The lowest BCUT2D eigenvalue weighted by Gasteiger charge is -2.55. The Morgan fingerprint density at radius 2 is 1.20 bits per heavy atom. The summed E-state index contributed by atoms with van der Waals surface area (Å²) in [6, 6.07) is 3.92. The molecule has 0 aromatic heterocycles. The molecule has 0 aliphatic heterocycles. The van der Waals surface area contributed by atoms with Crippen LogP contribution < -0.4 is 4.90 Å². The molecule has 0 amide bonds. The maximum absolute atomic E-state index is 13.3. The van der Waals surface area contributed by atoms with Crippen molar-refractivity contribution in [3.05, 3.63) is 29.8 Å². The summed E-state index contributed by atoms with van der Waals surface area (Å²) in [6.45, 7) is 0. The maximum Gasteiger partial charge on any atom is 0.379 e. The van der Waals surface area contributed by atoms with Crippen LogP contribution in [0.5, 0.6) is 0 Å². The number of alkyl halides is 6. The van der Waals surface area contributed by atoms with Crippen molar-refractivity contribution in [2.24, 2.45) is 0 Å². The summed E-state index contributed by atoms with van der Waals surface area (Å²) in [7, 11) is 3.23. The highest BCUT2D eigenvalue weighted by Crippen LogP contribution is 2.70. The Kier molecular flexibility index (Phi) is 2.85. The van der Waals surface area contributed by atoms with Crippen LogP contribution in [0.2, 0.25) is 0 Å². The smallest absolute Gasteiger partial charge is 0.378 e. The molecule has 0 spiro atoms. The number of nitrogens with zero attached hydrogens (tertiary/aromatic N) is 1. The number of benzene rings is 1. The Labute approximate surface area is 110 Å². The second-order valence-corrected chi connectivity index (χ2v) is 4.87. The Bertz CT molecular complexity index is 507. The van der Waals surface area contributed by atoms with Gasteiger partial charge in [-0.05, 0) is 17.7 Å². The third kappa shape index (κ3) is 1.35. The van der Waals surface area contributed by atoms with E-state index in [9.17, 15) is 31.4 Å². The van der Waals surface area contributed by atoms with Gasteiger partial charge in [0.25, 0.3) is 0 Å². The van der Waals surface area contributed by atoms with Crippen LogP contribution in [0.15, 0.2) is 24.3 Å². The minimum absolute atomic E-state index is 0.482. The van der Waals surface area contributed by atoms with E-state index >= 15 is 0 Å². The first-order chi connectivity index (χ1) is 8.91. The molecule has 2 nitrogen and oxygen atoms in total. The van der Waals surface area contributed by atoms with Crippen molar-refractivity contribution in [1.82, 2.24) is 0 Å². The lowest BCUT2D eigenvalue weighted by molar-refractivity contribution is -0.497. The van der Waals surface area contributed by atoms with Crippen LogP contribution in [0.25, 0.3) is 0 Å². The van der Waals surface area contributed by atoms with Crippen molar-refractivity contribution < 1.29 is 31.4 Å². The minimum Gasteiger partial charge on any atom is -0.378 e. The van der Waals surface area contributed by atoms with Gasteiger partial charge in [0, 0.05) is 19.8 Å². The third-order valence-corrected chi connectivity index (χ3v) is 3.50. The second kappa shape index (κ2) is 3.81. The topological polar surface area (TPSA) is 23.5 Å². The summed E-state index contributed by atoms with van der Waals surface area (Å²) < 4.78 is 78.9. The van der Waals surface area contributed by atoms with Crippen molar-refractivity contribution in [2.45, 2.75) is 23.4 Å². The van der Waals surface area contributed by atoms with Crippen LogP contribution >= 0.6 is 0 Å². The number of hydrogen-bond donors (Lipinski definition) is 1. The van der Waals surface area contributed by atoms with Gasteiger partial charge < -0.3 is 10.0 Å². The molecule has 1 aliphatic carbocycles. The van der Waals surface area contributed by atoms with Gasteiger partial charge >= 0.3 is 17.8 Å². The molecule has 0 bridgehead atoms. The largest absolute Gasteiger partial charge is 0.379 e. The number of anilines is 1. The predicted octanol–water partition coefficient (Wildman–Crippen LogP) is 2.86. The molecule has 20 heavy (non-hydrogen) atoms. The predicted molar refractivity (Wildman–Crippen MR) is 59.5 cm³/mol. The van der Waals surface area contributed by atoms with Crippen molar-refractivity contribution in [2.75, 3.05) is 19.0 Å². The van der Waals surface area contributed by atoms with E-state index in [-0.39, 0.29) is 0 Å². The van der Waals surface area contributed by atoms with E-state index in [1.165, 1.54) is 12.1 Å². The van der Waals surface area contributed by atoms with E-state index in [2.05, 4.69) is 0 Å². The summed E-state index contributed by atoms with van der Waals surface area (Å²) in [4.78, 5) is 1.56. The van der Waals surface area contributed by atoms with E-state index < -0.39 is 28.9 Å². The Balaban J connectivity index is 2.51. The van der Waals surface area contributed by atoms with Gasteiger partial charge in [0.05, 0.1) is 0 Å². The molecule has 1 fully saturated rings. The molecule has 1 saturated carbocycles. The van der Waals surface area contributed by atoms with Gasteiger partial charge in [-0.1, -0.05) is 12.1 Å². The molecule has 0 atom stereocenters. The first-order valence-corrected chi connectivity index (χ1v) is 5.55. The minimum atomic E-state index is -5.59. The van der Waals surface area contributed by atoms with Gasteiger partial charge in [-0.3, -0.25) is 0 Å². The lowest BCUT2D eigenvalue weighted by Crippen LogP contribution is -2.84. The van der Waals surface area contributed by atoms with E-state index in [1.807, 2.05) is 0 Å². The van der Waals surface area contributed by atoms with Crippen LogP contribution in [0.4, 0.5) is 32.0 Å². The lowest BCUT2D eigenvalue weighted by atomic mass is 9.64. The van der Waals surface area contributed by atoms with Crippen LogP contribution in [0, 0.1) is 0 Å². The van der Waals surface area contributed by atoms with E-state index in [0.29, 0.717) is 5.69 Å². The van der Waals surface area contributed by atoms with Crippen LogP contribution in [-0.2, 0) is 5.60 Å². The fourth-order valence-electron chi connectivity index (χ4n) is 2.15. The van der Waals surface area contributed by atoms with Crippen LogP contribution in [0.1, 0.15) is 5.56 Å². The normalized spacial score (nSPS) is 24.9. The molecule has 0 radical (unpaired) electrons. The van der Waals surface area contributed by atoms with Gasteiger partial charge in [0.1, 0.15) is 0 Å². The van der Waals surface area contributed by atoms with E-state index in [1.54, 1.807) is 19.0 Å². The molecular weight excluding hydrogens is 288 g/mol. The fourth-order valence-corrected chi connectivity index (χ4v) is 2.15. The average Bonchev–Trinajstić information content (AvgIpc) is 2.36. The SMILES string of the molecule is CN(C)c1ccc(C2(O)C(F)(F)C(F)(F)C2(F)F)cc1. The van der Waals surface area contributed by atoms with Crippen LogP contribution in [0.3, 0.4) is 0 Å². The summed E-state index contributed by atoms with van der Waals surface area (Å²) in [5.41, 5.74) is -4.69. The van der Waals surface area contributed by atoms with Crippen molar-refractivity contribution >= 4 is 5.69 Å². The zero-order valence-corrected chi connectivity index (χ0v) is 10.5. The average molecular weight is 299 g/mol. The monoisotopic (exact) mass is 299 g/mol. The molecule has 8 heteroatoms. The van der Waals surface area contributed by atoms with Gasteiger partial charge in [-0.15, -0.1) is 0 Å². The number of halogens is 6. The van der Waals surface area contributed by atoms with Crippen LogP contribution in [-0.4, -0.2) is 37.0 Å². The van der Waals surface area contributed by atoms with Crippen molar-refractivity contribution in [3.8, 4) is 0 Å². The Hall–Kier alpha value is -1.44. The summed E-state index contributed by atoms with van der Waals surface area (Å²) in [5, 5.41) is 9.51. The molecule has 0 heterocycles. The van der Waals surface area contributed by atoms with Gasteiger partial charge in [0.15, 0.2) is 0 Å². The molecule has 112 valence electrons. The second-order valence-electron chi connectivity index (χ2n) is 4.87. The zero-order chi connectivity index (χ0) is 15.6. The molecule has 1 aliphatic rings. The molecule has 2 rings (SSSR count). The fraction of sp³-hybridized carbons (Fsp3) is 0.500. The van der Waals surface area contributed by atoms with Crippen molar-refractivity contribution in [3.63, 3.8) is 0 Å². The Morgan fingerprint density at radius 3 is 1.55 bits per heavy atom. The molecule has 0 unspecified atom stereocenters. The highest BCUT2D eigenvalue weighted by atomic mass is 19.4. The van der Waals surface area contributed by atoms with Gasteiger partial charge in [0.2, 0.25) is 5.60 Å². The zero-order valence-electron chi connectivity index (χ0n) is 10.5. The van der Waals surface area contributed by atoms with E-state index in [0.717, 1.165) is 12.1 Å². The number of hydrogen-bond acceptors (Lipinski definition) is 2. The first-order valence-electron chi connectivity index (χ1n) is 5.55. The molecular formula is C12H11F6NO. The highest BCUT2D eigenvalue weighted by molar-refractivity contribution is 5.49. The first kappa shape index (κ1) is 15.0. The summed E-state index contributed by atoms with van der Waals surface area (Å²) in [5.74, 6) is -16.1. The molecule has 1 N–H and O–H groups in total. The number of rotatable bonds is 2. The standard InChI is InChI=1S/C12H11F6NO/c1-19(2)8-5-3-7(4-6-8)9(20)10(13,14)12(17,18)11(9,15)16/h3-6,20H,1-2H3. The van der Waals surface area contributed by atoms with E-state index in [4.69, 9.17) is 0 Å².